The van der Waals surface area contributed by atoms with Crippen molar-refractivity contribution >= 4 is 5.91 Å². The van der Waals surface area contributed by atoms with Gasteiger partial charge in [0.2, 0.25) is 5.91 Å². The van der Waals surface area contributed by atoms with Crippen LogP contribution in [0.2, 0.25) is 0 Å². The van der Waals surface area contributed by atoms with Crippen LogP contribution in [0.4, 0.5) is 0 Å². The Morgan fingerprint density at radius 2 is 1.50 bits per heavy atom. The lowest BCUT2D eigenvalue weighted by Crippen LogP contribution is -2.52. The largest absolute Gasteiger partial charge is 0.340 e. The summed E-state index contributed by atoms with van der Waals surface area (Å²) in [4.78, 5) is 16.6. The number of nitrogens with zero attached hydrogens (tertiary/aromatic N) is 2. The maximum Gasteiger partial charge on any atom is 0.225 e. The Morgan fingerprint density at radius 3 is 2.00 bits per heavy atom. The van der Waals surface area contributed by atoms with Crippen LogP contribution in [0.5, 0.6) is 0 Å². The molecule has 0 unspecified atom stereocenters. The van der Waals surface area contributed by atoms with Crippen molar-refractivity contribution in [1.29, 1.82) is 0 Å². The van der Waals surface area contributed by atoms with Gasteiger partial charge in [-0.15, -0.1) is 0 Å². The Balaban J connectivity index is 1.80. The average Bonchev–Trinajstić information content (AvgIpc) is 2.67. The van der Waals surface area contributed by atoms with Crippen molar-refractivity contribution in [2.24, 2.45) is 5.92 Å². The fraction of sp³-hybridized carbons (Fsp3) is 0.933. The number of piperazine rings is 1. The molecular formula is C15H28N2O. The zero-order valence-corrected chi connectivity index (χ0v) is 12.0. The van der Waals surface area contributed by atoms with Crippen LogP contribution in [0.1, 0.15) is 52.4 Å². The van der Waals surface area contributed by atoms with E-state index in [1.54, 1.807) is 0 Å². The fourth-order valence-electron chi connectivity index (χ4n) is 3.30. The van der Waals surface area contributed by atoms with Crippen LogP contribution in [-0.4, -0.2) is 47.9 Å². The van der Waals surface area contributed by atoms with E-state index >= 15 is 0 Å². The van der Waals surface area contributed by atoms with Crippen molar-refractivity contribution in [1.82, 2.24) is 9.80 Å². The third kappa shape index (κ3) is 3.47. The summed E-state index contributed by atoms with van der Waals surface area (Å²) in [6.45, 7) is 8.05. The molecule has 0 atom stereocenters. The highest BCUT2D eigenvalue weighted by Crippen LogP contribution is 2.23. The maximum atomic E-state index is 11.9. The molecule has 104 valence electrons. The first-order valence-corrected chi connectivity index (χ1v) is 7.71. The summed E-state index contributed by atoms with van der Waals surface area (Å²) in [6.07, 6.45) is 8.38. The zero-order chi connectivity index (χ0) is 13.0. The van der Waals surface area contributed by atoms with E-state index < -0.39 is 0 Å². The number of hydrogen-bond acceptors (Lipinski definition) is 2. The zero-order valence-electron chi connectivity index (χ0n) is 12.0. The molecule has 2 rings (SSSR count). The van der Waals surface area contributed by atoms with E-state index in [9.17, 15) is 4.79 Å². The van der Waals surface area contributed by atoms with E-state index in [2.05, 4.69) is 9.80 Å². The minimum absolute atomic E-state index is 0.148. The minimum Gasteiger partial charge on any atom is -0.340 e. The van der Waals surface area contributed by atoms with Crippen LogP contribution in [0, 0.1) is 5.92 Å². The number of hydrogen-bond donors (Lipinski definition) is 0. The van der Waals surface area contributed by atoms with E-state index in [1.807, 2.05) is 13.8 Å². The number of carbonyl (C=O) groups is 1. The molecule has 2 fully saturated rings. The second-order valence-electron chi connectivity index (χ2n) is 6.16. The van der Waals surface area contributed by atoms with Crippen LogP contribution in [-0.2, 0) is 4.79 Å². The van der Waals surface area contributed by atoms with Gasteiger partial charge >= 0.3 is 0 Å². The molecule has 1 saturated heterocycles. The van der Waals surface area contributed by atoms with E-state index in [0.717, 1.165) is 32.2 Å². The van der Waals surface area contributed by atoms with Gasteiger partial charge in [-0.2, -0.15) is 0 Å². The molecule has 3 nitrogen and oxygen atoms in total. The highest BCUT2D eigenvalue weighted by Gasteiger charge is 2.27. The van der Waals surface area contributed by atoms with Crippen molar-refractivity contribution in [3.05, 3.63) is 0 Å². The number of carbonyl (C=O) groups excluding carboxylic acids is 1. The molecule has 1 heterocycles. The molecule has 0 aromatic heterocycles. The molecule has 1 saturated carbocycles. The Morgan fingerprint density at radius 1 is 0.944 bits per heavy atom. The lowest BCUT2D eigenvalue weighted by molar-refractivity contribution is -0.136. The van der Waals surface area contributed by atoms with Gasteiger partial charge in [-0.05, 0) is 12.8 Å². The van der Waals surface area contributed by atoms with E-state index in [-0.39, 0.29) is 5.92 Å². The summed E-state index contributed by atoms with van der Waals surface area (Å²) in [5.74, 6) is 0.477. The van der Waals surface area contributed by atoms with E-state index in [0.29, 0.717) is 5.91 Å². The molecule has 0 bridgehead atoms. The third-order valence-corrected chi connectivity index (χ3v) is 4.46. The Kier molecular flexibility index (Phi) is 5.04. The van der Waals surface area contributed by atoms with Crippen molar-refractivity contribution < 1.29 is 4.79 Å². The third-order valence-electron chi connectivity index (χ3n) is 4.46. The monoisotopic (exact) mass is 252 g/mol. The van der Waals surface area contributed by atoms with Crippen molar-refractivity contribution in [3.63, 3.8) is 0 Å². The van der Waals surface area contributed by atoms with Gasteiger partial charge in [0.05, 0.1) is 0 Å². The summed E-state index contributed by atoms with van der Waals surface area (Å²) in [5, 5.41) is 0. The van der Waals surface area contributed by atoms with Gasteiger partial charge in [-0.1, -0.05) is 39.5 Å². The molecule has 1 amide bonds. The fourth-order valence-corrected chi connectivity index (χ4v) is 3.30. The number of amides is 1. The van der Waals surface area contributed by atoms with Gasteiger partial charge < -0.3 is 4.90 Å². The Labute approximate surface area is 112 Å². The molecule has 0 aromatic carbocycles. The van der Waals surface area contributed by atoms with Crippen LogP contribution < -0.4 is 0 Å². The summed E-state index contributed by atoms with van der Waals surface area (Å²) < 4.78 is 0. The summed E-state index contributed by atoms with van der Waals surface area (Å²) in [6, 6.07) is 0.795. The molecule has 0 N–H and O–H groups in total. The van der Waals surface area contributed by atoms with E-state index in [4.69, 9.17) is 0 Å². The lowest BCUT2D eigenvalue weighted by atomic mass is 10.1. The van der Waals surface area contributed by atoms with E-state index in [1.165, 1.54) is 38.5 Å². The topological polar surface area (TPSA) is 23.6 Å². The lowest BCUT2D eigenvalue weighted by Gasteiger charge is -2.39. The van der Waals surface area contributed by atoms with Crippen molar-refractivity contribution in [3.8, 4) is 0 Å². The van der Waals surface area contributed by atoms with Crippen LogP contribution >= 0.6 is 0 Å². The first kappa shape index (κ1) is 13.9. The predicted molar refractivity (Wildman–Crippen MR) is 74.5 cm³/mol. The van der Waals surface area contributed by atoms with Crippen LogP contribution in [0.15, 0.2) is 0 Å². The second-order valence-corrected chi connectivity index (χ2v) is 6.16. The van der Waals surface area contributed by atoms with Crippen molar-refractivity contribution in [2.45, 2.75) is 58.4 Å². The quantitative estimate of drug-likeness (QED) is 0.705. The molecule has 18 heavy (non-hydrogen) atoms. The minimum atomic E-state index is 0.148. The molecule has 0 aromatic rings. The summed E-state index contributed by atoms with van der Waals surface area (Å²) >= 11 is 0. The standard InChI is InChI=1S/C15H28N2O/c1-13(2)15(18)17-11-9-16(10-12-17)14-7-5-3-4-6-8-14/h13-14H,3-12H2,1-2H3. The van der Waals surface area contributed by atoms with Gasteiger partial charge in [-0.25, -0.2) is 0 Å². The predicted octanol–water partition coefficient (Wildman–Crippen LogP) is 2.51. The van der Waals surface area contributed by atoms with Crippen LogP contribution in [0.3, 0.4) is 0 Å². The van der Waals surface area contributed by atoms with Gasteiger partial charge in [-0.3, -0.25) is 9.69 Å². The maximum absolute atomic E-state index is 11.9. The highest BCUT2D eigenvalue weighted by atomic mass is 16.2. The molecule has 1 aliphatic heterocycles. The second kappa shape index (κ2) is 6.55. The molecule has 1 aliphatic carbocycles. The molecule has 0 radical (unpaired) electrons. The van der Waals surface area contributed by atoms with Gasteiger partial charge in [0.1, 0.15) is 0 Å². The SMILES string of the molecule is CC(C)C(=O)N1CCN(C2CCCCCC2)CC1. The highest BCUT2D eigenvalue weighted by molar-refractivity contribution is 5.78. The summed E-state index contributed by atoms with van der Waals surface area (Å²) in [5.41, 5.74) is 0. The Hall–Kier alpha value is -0.570. The molecule has 2 aliphatic rings. The van der Waals surface area contributed by atoms with Crippen LogP contribution in [0.25, 0.3) is 0 Å². The first-order valence-electron chi connectivity index (χ1n) is 7.71. The molecule has 0 spiro atoms. The van der Waals surface area contributed by atoms with Gasteiger partial charge in [0.25, 0.3) is 0 Å². The smallest absolute Gasteiger partial charge is 0.225 e. The normalized spacial score (nSPS) is 24.3. The first-order chi connectivity index (χ1) is 8.68. The Bertz CT molecular complexity index is 262. The van der Waals surface area contributed by atoms with Gasteiger partial charge in [0.15, 0.2) is 0 Å². The average molecular weight is 252 g/mol. The summed E-state index contributed by atoms with van der Waals surface area (Å²) in [7, 11) is 0. The number of rotatable bonds is 2. The molecular weight excluding hydrogens is 224 g/mol. The molecule has 3 heteroatoms. The van der Waals surface area contributed by atoms with Gasteiger partial charge in [0, 0.05) is 38.1 Å². The van der Waals surface area contributed by atoms with Crippen molar-refractivity contribution in [2.75, 3.05) is 26.2 Å².